The maximum Gasteiger partial charge on any atom is 0.142 e. The van der Waals surface area contributed by atoms with E-state index in [9.17, 15) is 4.39 Å². The van der Waals surface area contributed by atoms with Gasteiger partial charge in [-0.25, -0.2) is 9.37 Å². The molecule has 0 atom stereocenters. The zero-order valence-electron chi connectivity index (χ0n) is 5.04. The zero-order valence-corrected chi connectivity index (χ0v) is 5.86. The summed E-state index contributed by atoms with van der Waals surface area (Å²) in [5.41, 5.74) is 2.39. The quantitative estimate of drug-likeness (QED) is 0.566. The van der Waals surface area contributed by atoms with Gasteiger partial charge in [0, 0.05) is 0 Å². The third kappa shape index (κ3) is 0.708. The standard InChI is InChI=1S/C7H4FNS/c8-5-2-1-3-6-7(5)10-4-9-6/h1-4H. The molecule has 50 valence electrons. The van der Waals surface area contributed by atoms with Crippen molar-refractivity contribution in [1.29, 1.82) is 0 Å². The number of halogens is 1. The Balaban J connectivity index is 2.95. The van der Waals surface area contributed by atoms with Crippen LogP contribution in [0.2, 0.25) is 0 Å². The minimum absolute atomic E-state index is 0.181. The van der Waals surface area contributed by atoms with Crippen LogP contribution in [0.15, 0.2) is 23.7 Å². The number of nitrogens with zero attached hydrogens (tertiary/aromatic N) is 1. The van der Waals surface area contributed by atoms with Gasteiger partial charge in [0.05, 0.1) is 15.7 Å². The zero-order chi connectivity index (χ0) is 6.97. The van der Waals surface area contributed by atoms with Gasteiger partial charge in [-0.2, -0.15) is 0 Å². The van der Waals surface area contributed by atoms with Gasteiger partial charge in [0.2, 0.25) is 0 Å². The molecule has 0 aliphatic rings. The normalized spacial score (nSPS) is 10.5. The highest BCUT2D eigenvalue weighted by Crippen LogP contribution is 2.19. The molecule has 1 nitrogen and oxygen atoms in total. The molecule has 2 rings (SSSR count). The molecule has 0 saturated heterocycles. The van der Waals surface area contributed by atoms with Gasteiger partial charge in [0.15, 0.2) is 0 Å². The van der Waals surface area contributed by atoms with Crippen LogP contribution in [0.1, 0.15) is 0 Å². The van der Waals surface area contributed by atoms with Crippen LogP contribution in [0.5, 0.6) is 0 Å². The number of benzene rings is 1. The Labute approximate surface area is 61.1 Å². The van der Waals surface area contributed by atoms with Crippen molar-refractivity contribution in [2.45, 2.75) is 0 Å². The second-order valence-corrected chi connectivity index (χ2v) is 2.80. The van der Waals surface area contributed by atoms with Crippen LogP contribution in [0.25, 0.3) is 10.2 Å². The molecule has 1 aromatic heterocycles. The molecule has 0 unspecified atom stereocenters. The van der Waals surface area contributed by atoms with E-state index in [1.165, 1.54) is 17.4 Å². The lowest BCUT2D eigenvalue weighted by Crippen LogP contribution is -1.71. The summed E-state index contributed by atoms with van der Waals surface area (Å²) >= 11 is 1.33. The molecule has 0 N–H and O–H groups in total. The lowest BCUT2D eigenvalue weighted by atomic mass is 10.3. The van der Waals surface area contributed by atoms with Gasteiger partial charge >= 0.3 is 0 Å². The molecule has 0 saturated carbocycles. The maximum absolute atomic E-state index is 12.8. The van der Waals surface area contributed by atoms with Crippen molar-refractivity contribution in [2.75, 3.05) is 0 Å². The summed E-state index contributed by atoms with van der Waals surface area (Å²) in [6.45, 7) is 0. The van der Waals surface area contributed by atoms with Crippen molar-refractivity contribution in [3.05, 3.63) is 29.5 Å². The molecule has 0 aliphatic heterocycles. The van der Waals surface area contributed by atoms with E-state index in [-0.39, 0.29) is 5.82 Å². The van der Waals surface area contributed by atoms with Crippen LogP contribution in [0.4, 0.5) is 4.39 Å². The Hall–Kier alpha value is -0.960. The molecule has 10 heavy (non-hydrogen) atoms. The third-order valence-electron chi connectivity index (χ3n) is 1.31. The Morgan fingerprint density at radius 1 is 1.40 bits per heavy atom. The van der Waals surface area contributed by atoms with Crippen LogP contribution in [-0.2, 0) is 0 Å². The Kier molecular flexibility index (Phi) is 1.17. The van der Waals surface area contributed by atoms with Gasteiger partial charge in [-0.1, -0.05) is 6.07 Å². The predicted molar refractivity (Wildman–Crippen MR) is 39.6 cm³/mol. The highest BCUT2D eigenvalue weighted by Gasteiger charge is 1.99. The van der Waals surface area contributed by atoms with E-state index in [0.29, 0.717) is 4.70 Å². The number of thiazole rings is 1. The van der Waals surface area contributed by atoms with E-state index >= 15 is 0 Å². The molecule has 0 aliphatic carbocycles. The van der Waals surface area contributed by atoms with Gasteiger partial charge in [-0.15, -0.1) is 11.3 Å². The summed E-state index contributed by atoms with van der Waals surface area (Å²) in [6.07, 6.45) is 0. The first-order valence-corrected chi connectivity index (χ1v) is 3.73. The molecule has 3 heteroatoms. The van der Waals surface area contributed by atoms with E-state index in [1.54, 1.807) is 17.6 Å². The van der Waals surface area contributed by atoms with E-state index in [0.717, 1.165) is 5.52 Å². The molecule has 0 amide bonds. The van der Waals surface area contributed by atoms with Crippen molar-refractivity contribution >= 4 is 21.6 Å². The number of aromatic nitrogens is 1. The van der Waals surface area contributed by atoms with Crippen LogP contribution in [0, 0.1) is 5.82 Å². The molecular weight excluding hydrogens is 149 g/mol. The minimum atomic E-state index is -0.181. The number of hydrogen-bond acceptors (Lipinski definition) is 2. The Morgan fingerprint density at radius 2 is 2.30 bits per heavy atom. The van der Waals surface area contributed by atoms with Gasteiger partial charge < -0.3 is 0 Å². The van der Waals surface area contributed by atoms with Crippen molar-refractivity contribution in [3.63, 3.8) is 0 Å². The Bertz CT molecular complexity index is 355. The summed E-state index contributed by atoms with van der Waals surface area (Å²) in [6, 6.07) is 4.91. The highest BCUT2D eigenvalue weighted by molar-refractivity contribution is 7.16. The van der Waals surface area contributed by atoms with E-state index in [1.807, 2.05) is 0 Å². The molecular formula is C7H4FNS. The molecule has 0 radical (unpaired) electrons. The van der Waals surface area contributed by atoms with E-state index in [4.69, 9.17) is 0 Å². The van der Waals surface area contributed by atoms with E-state index < -0.39 is 0 Å². The molecule has 0 bridgehead atoms. The monoisotopic (exact) mass is 153 g/mol. The van der Waals surface area contributed by atoms with Gasteiger partial charge in [-0.05, 0) is 12.1 Å². The summed E-state index contributed by atoms with van der Waals surface area (Å²) in [5, 5.41) is 0. The fraction of sp³-hybridized carbons (Fsp3) is 0. The fourth-order valence-electron chi connectivity index (χ4n) is 0.852. The van der Waals surface area contributed by atoms with Crippen LogP contribution in [0.3, 0.4) is 0 Å². The Morgan fingerprint density at radius 3 is 3.10 bits per heavy atom. The highest BCUT2D eigenvalue weighted by atomic mass is 32.1. The second kappa shape index (κ2) is 2.02. The summed E-state index contributed by atoms with van der Waals surface area (Å²) in [4.78, 5) is 3.96. The molecule has 0 spiro atoms. The van der Waals surface area contributed by atoms with E-state index in [2.05, 4.69) is 4.98 Å². The van der Waals surface area contributed by atoms with Crippen molar-refractivity contribution in [1.82, 2.24) is 4.98 Å². The number of fused-ring (bicyclic) bond motifs is 1. The largest absolute Gasteiger partial charge is 0.245 e. The first-order valence-electron chi connectivity index (χ1n) is 2.85. The smallest absolute Gasteiger partial charge is 0.142 e. The summed E-state index contributed by atoms with van der Waals surface area (Å²) in [5.74, 6) is -0.181. The average Bonchev–Trinajstić information content (AvgIpc) is 2.36. The van der Waals surface area contributed by atoms with Crippen LogP contribution in [-0.4, -0.2) is 4.98 Å². The SMILES string of the molecule is Fc1cccc2ncsc12. The fourth-order valence-corrected chi connectivity index (χ4v) is 1.55. The maximum atomic E-state index is 12.8. The lowest BCUT2D eigenvalue weighted by Gasteiger charge is -1.86. The van der Waals surface area contributed by atoms with Gasteiger partial charge in [0.1, 0.15) is 5.82 Å². The summed E-state index contributed by atoms with van der Waals surface area (Å²) < 4.78 is 13.4. The predicted octanol–water partition coefficient (Wildman–Crippen LogP) is 2.44. The molecule has 1 aromatic carbocycles. The van der Waals surface area contributed by atoms with Crippen molar-refractivity contribution in [3.8, 4) is 0 Å². The van der Waals surface area contributed by atoms with Gasteiger partial charge in [-0.3, -0.25) is 0 Å². The molecule has 1 heterocycles. The van der Waals surface area contributed by atoms with Crippen LogP contribution < -0.4 is 0 Å². The molecule has 0 fully saturated rings. The topological polar surface area (TPSA) is 12.9 Å². The first-order chi connectivity index (χ1) is 4.88. The van der Waals surface area contributed by atoms with Crippen molar-refractivity contribution in [2.24, 2.45) is 0 Å². The number of rotatable bonds is 0. The minimum Gasteiger partial charge on any atom is -0.245 e. The summed E-state index contributed by atoms with van der Waals surface area (Å²) in [7, 11) is 0. The second-order valence-electron chi connectivity index (χ2n) is 1.94. The average molecular weight is 153 g/mol. The third-order valence-corrected chi connectivity index (χ3v) is 2.16. The first kappa shape index (κ1) is 5.80. The lowest BCUT2D eigenvalue weighted by molar-refractivity contribution is 0.641. The number of hydrogen-bond donors (Lipinski definition) is 0. The van der Waals surface area contributed by atoms with Crippen molar-refractivity contribution < 1.29 is 4.39 Å². The van der Waals surface area contributed by atoms with Crippen LogP contribution >= 0.6 is 11.3 Å². The van der Waals surface area contributed by atoms with Gasteiger partial charge in [0.25, 0.3) is 0 Å². The molecule has 2 aromatic rings.